The van der Waals surface area contributed by atoms with Crippen LogP contribution in [0.1, 0.15) is 42.7 Å². The summed E-state index contributed by atoms with van der Waals surface area (Å²) in [6.45, 7) is 3.53. The maximum Gasteiger partial charge on any atom is 0.0463 e. The van der Waals surface area contributed by atoms with Gasteiger partial charge >= 0.3 is 0 Å². The predicted octanol–water partition coefficient (Wildman–Crippen LogP) is 3.81. The molecule has 0 aromatic heterocycles. The SMILES string of the molecule is ClC1CCCN(CC2CCCc3ccccc32)C1. The van der Waals surface area contributed by atoms with Gasteiger partial charge in [-0.2, -0.15) is 0 Å². The minimum Gasteiger partial charge on any atom is -0.301 e. The topological polar surface area (TPSA) is 3.24 Å². The summed E-state index contributed by atoms with van der Waals surface area (Å²) >= 11 is 6.29. The van der Waals surface area contributed by atoms with Crippen LogP contribution in [0.2, 0.25) is 0 Å². The Morgan fingerprint density at radius 1 is 1.17 bits per heavy atom. The van der Waals surface area contributed by atoms with E-state index >= 15 is 0 Å². The number of aryl methyl sites for hydroxylation is 1. The van der Waals surface area contributed by atoms with Gasteiger partial charge in [-0.25, -0.2) is 0 Å². The standard InChI is InChI=1S/C16H22ClN/c17-15-8-4-10-18(12-15)11-14-7-3-6-13-5-1-2-9-16(13)14/h1-2,5,9,14-15H,3-4,6-8,10-12H2. The zero-order valence-corrected chi connectivity index (χ0v) is 11.7. The van der Waals surface area contributed by atoms with Gasteiger partial charge in [-0.05, 0) is 55.7 Å². The van der Waals surface area contributed by atoms with Crippen molar-refractivity contribution in [1.82, 2.24) is 4.90 Å². The molecule has 0 bridgehead atoms. The summed E-state index contributed by atoms with van der Waals surface area (Å²) in [5.41, 5.74) is 3.17. The van der Waals surface area contributed by atoms with Crippen LogP contribution in [0.3, 0.4) is 0 Å². The van der Waals surface area contributed by atoms with E-state index in [0.717, 1.165) is 12.5 Å². The largest absolute Gasteiger partial charge is 0.301 e. The Kier molecular flexibility index (Phi) is 3.91. The maximum atomic E-state index is 6.29. The molecule has 0 spiro atoms. The highest BCUT2D eigenvalue weighted by Gasteiger charge is 2.24. The second kappa shape index (κ2) is 5.63. The number of rotatable bonds is 2. The molecular formula is C16H22ClN. The lowest BCUT2D eigenvalue weighted by Gasteiger charge is -2.35. The monoisotopic (exact) mass is 263 g/mol. The second-order valence-corrected chi connectivity index (χ2v) is 6.40. The number of nitrogens with zero attached hydrogens (tertiary/aromatic N) is 1. The van der Waals surface area contributed by atoms with Crippen LogP contribution in [0, 0.1) is 0 Å². The Morgan fingerprint density at radius 2 is 2.06 bits per heavy atom. The van der Waals surface area contributed by atoms with E-state index in [2.05, 4.69) is 29.2 Å². The van der Waals surface area contributed by atoms with E-state index in [9.17, 15) is 0 Å². The van der Waals surface area contributed by atoms with E-state index in [4.69, 9.17) is 11.6 Å². The molecule has 3 rings (SSSR count). The molecule has 1 aliphatic carbocycles. The first kappa shape index (κ1) is 12.5. The number of piperidine rings is 1. The zero-order chi connectivity index (χ0) is 12.4. The average Bonchev–Trinajstić information content (AvgIpc) is 2.39. The minimum absolute atomic E-state index is 0.373. The van der Waals surface area contributed by atoms with Gasteiger partial charge in [-0.3, -0.25) is 0 Å². The smallest absolute Gasteiger partial charge is 0.0463 e. The number of likely N-dealkylation sites (tertiary alicyclic amines) is 1. The molecule has 2 heteroatoms. The Hall–Kier alpha value is -0.530. The van der Waals surface area contributed by atoms with E-state index in [1.165, 1.54) is 45.2 Å². The Balaban J connectivity index is 1.70. The molecule has 2 atom stereocenters. The van der Waals surface area contributed by atoms with Gasteiger partial charge in [-0.1, -0.05) is 24.3 Å². The molecular weight excluding hydrogens is 242 g/mol. The van der Waals surface area contributed by atoms with Crippen LogP contribution in [0.5, 0.6) is 0 Å². The molecule has 2 aliphatic rings. The van der Waals surface area contributed by atoms with Crippen molar-refractivity contribution in [1.29, 1.82) is 0 Å². The normalized spacial score (nSPS) is 28.9. The summed E-state index contributed by atoms with van der Waals surface area (Å²) in [5.74, 6) is 0.733. The van der Waals surface area contributed by atoms with Crippen LogP contribution in [0.25, 0.3) is 0 Å². The predicted molar refractivity (Wildman–Crippen MR) is 77.4 cm³/mol. The molecule has 0 N–H and O–H groups in total. The van der Waals surface area contributed by atoms with E-state index in [0.29, 0.717) is 5.38 Å². The molecule has 0 radical (unpaired) electrons. The van der Waals surface area contributed by atoms with Crippen molar-refractivity contribution in [2.45, 2.75) is 43.4 Å². The van der Waals surface area contributed by atoms with Crippen LogP contribution in [0.15, 0.2) is 24.3 Å². The van der Waals surface area contributed by atoms with Crippen molar-refractivity contribution in [3.05, 3.63) is 35.4 Å². The molecule has 98 valence electrons. The Bertz CT molecular complexity index is 404. The van der Waals surface area contributed by atoms with Crippen molar-refractivity contribution in [2.24, 2.45) is 0 Å². The van der Waals surface area contributed by atoms with Gasteiger partial charge in [0.1, 0.15) is 0 Å². The number of hydrogen-bond acceptors (Lipinski definition) is 1. The number of benzene rings is 1. The number of fused-ring (bicyclic) bond motifs is 1. The molecule has 2 unspecified atom stereocenters. The molecule has 0 saturated carbocycles. The first-order valence-corrected chi connectivity index (χ1v) is 7.71. The molecule has 1 aliphatic heterocycles. The summed E-state index contributed by atoms with van der Waals surface area (Å²) in [6.07, 6.45) is 6.42. The molecule has 18 heavy (non-hydrogen) atoms. The fraction of sp³-hybridized carbons (Fsp3) is 0.625. The third kappa shape index (κ3) is 2.73. The summed E-state index contributed by atoms with van der Waals surface area (Å²) < 4.78 is 0. The van der Waals surface area contributed by atoms with Crippen LogP contribution in [-0.2, 0) is 6.42 Å². The number of halogens is 1. The highest BCUT2D eigenvalue weighted by atomic mass is 35.5. The fourth-order valence-electron chi connectivity index (χ4n) is 3.52. The van der Waals surface area contributed by atoms with Crippen molar-refractivity contribution in [2.75, 3.05) is 19.6 Å². The van der Waals surface area contributed by atoms with Crippen molar-refractivity contribution in [3.63, 3.8) is 0 Å². The molecule has 1 aromatic rings. The van der Waals surface area contributed by atoms with Gasteiger partial charge in [0.2, 0.25) is 0 Å². The third-order valence-electron chi connectivity index (χ3n) is 4.42. The summed E-state index contributed by atoms with van der Waals surface area (Å²) in [7, 11) is 0. The summed E-state index contributed by atoms with van der Waals surface area (Å²) in [4.78, 5) is 2.58. The van der Waals surface area contributed by atoms with E-state index in [-0.39, 0.29) is 0 Å². The third-order valence-corrected chi connectivity index (χ3v) is 4.78. The Labute approximate surface area is 115 Å². The van der Waals surface area contributed by atoms with Gasteiger partial charge in [0.25, 0.3) is 0 Å². The molecule has 1 aromatic carbocycles. The lowest BCUT2D eigenvalue weighted by Crippen LogP contribution is -2.39. The lowest BCUT2D eigenvalue weighted by atomic mass is 9.82. The summed E-state index contributed by atoms with van der Waals surface area (Å²) in [5, 5.41) is 0.373. The number of hydrogen-bond donors (Lipinski definition) is 0. The van der Waals surface area contributed by atoms with Crippen LogP contribution in [0.4, 0.5) is 0 Å². The second-order valence-electron chi connectivity index (χ2n) is 5.79. The van der Waals surface area contributed by atoms with Crippen molar-refractivity contribution >= 4 is 11.6 Å². The van der Waals surface area contributed by atoms with E-state index < -0.39 is 0 Å². The fourth-order valence-corrected chi connectivity index (χ4v) is 3.87. The quantitative estimate of drug-likeness (QED) is 0.734. The first-order valence-electron chi connectivity index (χ1n) is 7.27. The van der Waals surface area contributed by atoms with E-state index in [1.807, 2.05) is 0 Å². The minimum atomic E-state index is 0.373. The zero-order valence-electron chi connectivity index (χ0n) is 10.9. The highest BCUT2D eigenvalue weighted by molar-refractivity contribution is 6.20. The molecule has 1 nitrogen and oxygen atoms in total. The average molecular weight is 264 g/mol. The van der Waals surface area contributed by atoms with Gasteiger partial charge < -0.3 is 4.90 Å². The molecule has 1 heterocycles. The highest BCUT2D eigenvalue weighted by Crippen LogP contribution is 2.32. The maximum absolute atomic E-state index is 6.29. The van der Waals surface area contributed by atoms with Gasteiger partial charge in [-0.15, -0.1) is 11.6 Å². The molecule has 0 amide bonds. The lowest BCUT2D eigenvalue weighted by molar-refractivity contribution is 0.212. The van der Waals surface area contributed by atoms with Gasteiger partial charge in [0.15, 0.2) is 0 Å². The van der Waals surface area contributed by atoms with Crippen molar-refractivity contribution in [3.8, 4) is 0 Å². The summed E-state index contributed by atoms with van der Waals surface area (Å²) in [6, 6.07) is 9.01. The van der Waals surface area contributed by atoms with Crippen LogP contribution >= 0.6 is 11.6 Å². The molecule has 1 saturated heterocycles. The molecule has 1 fully saturated rings. The first-order chi connectivity index (χ1) is 8.83. The number of alkyl halides is 1. The van der Waals surface area contributed by atoms with Gasteiger partial charge in [0.05, 0.1) is 0 Å². The van der Waals surface area contributed by atoms with E-state index in [1.54, 1.807) is 11.1 Å². The van der Waals surface area contributed by atoms with Gasteiger partial charge in [0, 0.05) is 18.5 Å². The van der Waals surface area contributed by atoms with Crippen molar-refractivity contribution < 1.29 is 0 Å². The van der Waals surface area contributed by atoms with Crippen LogP contribution in [-0.4, -0.2) is 29.9 Å². The van der Waals surface area contributed by atoms with Crippen LogP contribution < -0.4 is 0 Å². The Morgan fingerprint density at radius 3 is 2.94 bits per heavy atom.